The first-order chi connectivity index (χ1) is 13.9. The van der Waals surface area contributed by atoms with E-state index in [-0.39, 0.29) is 24.3 Å². The Bertz CT molecular complexity index is 927. The summed E-state index contributed by atoms with van der Waals surface area (Å²) in [6.45, 7) is 5.32. The van der Waals surface area contributed by atoms with E-state index < -0.39 is 5.97 Å². The summed E-state index contributed by atoms with van der Waals surface area (Å²) in [6, 6.07) is 7.21. The maximum Gasteiger partial charge on any atom is 0.339 e. The minimum atomic E-state index is -0.540. The van der Waals surface area contributed by atoms with Gasteiger partial charge in [0.25, 0.3) is 0 Å². The van der Waals surface area contributed by atoms with Gasteiger partial charge in [0.2, 0.25) is 5.78 Å². The monoisotopic (exact) mass is 415 g/mol. The van der Waals surface area contributed by atoms with Gasteiger partial charge < -0.3 is 14.5 Å². The van der Waals surface area contributed by atoms with Crippen LogP contribution < -0.4 is 0 Å². The van der Waals surface area contributed by atoms with Crippen molar-refractivity contribution < 1.29 is 23.9 Å². The van der Waals surface area contributed by atoms with Crippen LogP contribution in [-0.2, 0) is 9.47 Å². The van der Waals surface area contributed by atoms with Crippen molar-refractivity contribution >= 4 is 29.3 Å². The molecule has 0 saturated carbocycles. The number of hydrogen-bond donors (Lipinski definition) is 1. The van der Waals surface area contributed by atoms with E-state index in [1.165, 1.54) is 6.92 Å². The van der Waals surface area contributed by atoms with Crippen LogP contribution in [0.4, 0.5) is 0 Å². The van der Waals surface area contributed by atoms with E-state index in [1.807, 2.05) is 12.1 Å². The summed E-state index contributed by atoms with van der Waals surface area (Å²) in [4.78, 5) is 40.6. The number of nitrogens with one attached hydrogen (secondary N) is 1. The number of carbonyl (C=O) groups excluding carboxylic acids is 3. The summed E-state index contributed by atoms with van der Waals surface area (Å²) in [7, 11) is 0. The number of rotatable bonds is 8. The van der Waals surface area contributed by atoms with Crippen molar-refractivity contribution in [3.05, 3.63) is 52.3 Å². The Morgan fingerprint density at radius 3 is 2.66 bits per heavy atom. The van der Waals surface area contributed by atoms with E-state index in [0.29, 0.717) is 28.1 Å². The summed E-state index contributed by atoms with van der Waals surface area (Å²) >= 11 is 1.56. The predicted molar refractivity (Wildman–Crippen MR) is 111 cm³/mol. The van der Waals surface area contributed by atoms with Crippen molar-refractivity contribution in [2.24, 2.45) is 0 Å². The molecule has 0 amide bonds. The molecule has 29 heavy (non-hydrogen) atoms. The fourth-order valence-corrected chi connectivity index (χ4v) is 4.67. The Morgan fingerprint density at radius 2 is 2.00 bits per heavy atom. The molecule has 154 valence electrons. The number of esters is 1. The third-order valence-electron chi connectivity index (χ3n) is 4.96. The van der Waals surface area contributed by atoms with Gasteiger partial charge in [0.15, 0.2) is 12.4 Å². The first-order valence-electron chi connectivity index (χ1n) is 9.62. The van der Waals surface area contributed by atoms with E-state index in [9.17, 15) is 14.4 Å². The molecule has 0 aliphatic carbocycles. The Kier molecular flexibility index (Phi) is 6.92. The van der Waals surface area contributed by atoms with Crippen LogP contribution >= 0.6 is 11.8 Å². The Hall–Kier alpha value is -2.38. The summed E-state index contributed by atoms with van der Waals surface area (Å²) in [6.07, 6.45) is 2.31. The molecule has 0 unspecified atom stereocenters. The molecule has 1 aromatic carbocycles. The number of thioether (sulfide) groups is 1. The van der Waals surface area contributed by atoms with E-state index in [4.69, 9.17) is 9.47 Å². The van der Waals surface area contributed by atoms with Crippen LogP contribution in [0.3, 0.4) is 0 Å². The van der Waals surface area contributed by atoms with E-state index in [1.54, 1.807) is 37.7 Å². The number of Topliss-reactive ketones (excluding diaryl/α,β-unsaturated/α-hetero) is 2. The zero-order valence-corrected chi connectivity index (χ0v) is 17.7. The van der Waals surface area contributed by atoms with Gasteiger partial charge in [0, 0.05) is 28.5 Å². The van der Waals surface area contributed by atoms with Crippen LogP contribution in [0.15, 0.2) is 29.2 Å². The molecule has 0 bridgehead atoms. The average Bonchev–Trinajstić information content (AvgIpc) is 3.31. The van der Waals surface area contributed by atoms with Crippen molar-refractivity contribution in [2.45, 2.75) is 44.6 Å². The highest BCUT2D eigenvalue weighted by molar-refractivity contribution is 7.99. The van der Waals surface area contributed by atoms with E-state index >= 15 is 0 Å². The highest BCUT2D eigenvalue weighted by atomic mass is 32.2. The number of hydrogen-bond acceptors (Lipinski definition) is 6. The molecule has 0 radical (unpaired) electrons. The molecule has 0 spiro atoms. The first kappa shape index (κ1) is 21.3. The van der Waals surface area contributed by atoms with Crippen LogP contribution in [-0.4, -0.2) is 47.6 Å². The molecule has 1 saturated heterocycles. The van der Waals surface area contributed by atoms with Crippen LogP contribution in [0.2, 0.25) is 0 Å². The largest absolute Gasteiger partial charge is 0.454 e. The lowest BCUT2D eigenvalue weighted by Crippen LogP contribution is -2.16. The zero-order valence-electron chi connectivity index (χ0n) is 16.9. The number of aromatic nitrogens is 1. The number of ether oxygens (including phenoxy) is 2. The second kappa shape index (κ2) is 9.41. The number of benzene rings is 1. The second-order valence-corrected chi connectivity index (χ2v) is 8.18. The summed E-state index contributed by atoms with van der Waals surface area (Å²) in [5.41, 5.74) is 2.48. The molecular weight excluding hydrogens is 390 g/mol. The van der Waals surface area contributed by atoms with Gasteiger partial charge in [0.05, 0.1) is 17.4 Å². The van der Waals surface area contributed by atoms with Crippen molar-refractivity contribution in [3.63, 3.8) is 0 Å². The highest BCUT2D eigenvalue weighted by Gasteiger charge is 2.22. The Balaban J connectivity index is 1.64. The third-order valence-corrected chi connectivity index (χ3v) is 6.16. The van der Waals surface area contributed by atoms with Crippen LogP contribution in [0.25, 0.3) is 0 Å². The van der Waals surface area contributed by atoms with Gasteiger partial charge >= 0.3 is 5.97 Å². The topological polar surface area (TPSA) is 85.5 Å². The summed E-state index contributed by atoms with van der Waals surface area (Å²) in [5, 5.41) is 0. The lowest BCUT2D eigenvalue weighted by atomic mass is 10.1. The number of carbonyl (C=O) groups is 3. The fraction of sp³-hybridized carbons (Fsp3) is 0.409. The molecule has 1 atom stereocenters. The van der Waals surface area contributed by atoms with E-state index in [2.05, 4.69) is 4.98 Å². The highest BCUT2D eigenvalue weighted by Crippen LogP contribution is 2.27. The van der Waals surface area contributed by atoms with Gasteiger partial charge in [0.1, 0.15) is 0 Å². The Morgan fingerprint density at radius 1 is 1.24 bits per heavy atom. The third kappa shape index (κ3) is 4.97. The van der Waals surface area contributed by atoms with Gasteiger partial charge in [-0.2, -0.15) is 0 Å². The predicted octanol–water partition coefficient (Wildman–Crippen LogP) is 4.14. The first-order valence-corrected chi connectivity index (χ1v) is 10.6. The minimum absolute atomic E-state index is 0.107. The smallest absolute Gasteiger partial charge is 0.339 e. The molecule has 1 fully saturated rings. The number of ketones is 2. The van der Waals surface area contributed by atoms with E-state index in [0.717, 1.165) is 30.1 Å². The van der Waals surface area contributed by atoms with Crippen molar-refractivity contribution in [3.8, 4) is 0 Å². The number of H-pyrrole nitrogens is 1. The maximum absolute atomic E-state index is 12.6. The van der Waals surface area contributed by atoms with Crippen LogP contribution in [0.1, 0.15) is 62.2 Å². The zero-order chi connectivity index (χ0) is 21.0. The lowest BCUT2D eigenvalue weighted by molar-refractivity contribution is 0.0470. The second-order valence-electron chi connectivity index (χ2n) is 7.12. The van der Waals surface area contributed by atoms with Gasteiger partial charge in [-0.3, -0.25) is 9.59 Å². The molecule has 2 aromatic rings. The van der Waals surface area contributed by atoms with Crippen LogP contribution in [0, 0.1) is 13.8 Å². The van der Waals surface area contributed by atoms with Gasteiger partial charge in [-0.05, 0) is 51.3 Å². The number of aromatic amines is 1. The molecule has 1 N–H and O–H groups in total. The molecule has 2 heterocycles. The van der Waals surface area contributed by atoms with Crippen LogP contribution in [0.5, 0.6) is 0 Å². The van der Waals surface area contributed by atoms with Crippen molar-refractivity contribution in [2.75, 3.05) is 19.0 Å². The van der Waals surface area contributed by atoms with Gasteiger partial charge in [-0.15, -0.1) is 11.8 Å². The van der Waals surface area contributed by atoms with Crippen molar-refractivity contribution in [1.29, 1.82) is 0 Å². The molecule has 1 aliphatic heterocycles. The van der Waals surface area contributed by atoms with Gasteiger partial charge in [-0.25, -0.2) is 4.79 Å². The molecule has 6 nitrogen and oxygen atoms in total. The number of aryl methyl sites for hydroxylation is 1. The maximum atomic E-state index is 12.6. The normalized spacial score (nSPS) is 16.0. The van der Waals surface area contributed by atoms with Crippen molar-refractivity contribution in [1.82, 2.24) is 4.98 Å². The molecule has 1 aliphatic rings. The average molecular weight is 416 g/mol. The molecule has 7 heteroatoms. The summed E-state index contributed by atoms with van der Waals surface area (Å²) in [5.74, 6) is -0.236. The quantitative estimate of drug-likeness (QED) is 0.396. The molecule has 1 aromatic heterocycles. The standard InChI is InChI=1S/C22H25NO5S/c1-13-20(15(3)24)14(2)23-21(13)18(25)11-28-22(26)17-8-4-5-9-19(17)29-12-16-7-6-10-27-16/h4-5,8-9,16,23H,6-7,10-12H2,1-3H3/t16-/m0/s1. The molecule has 3 rings (SSSR count). The minimum Gasteiger partial charge on any atom is -0.454 e. The lowest BCUT2D eigenvalue weighted by Gasteiger charge is -2.12. The molecular formula is C22H25NO5S. The summed E-state index contributed by atoms with van der Waals surface area (Å²) < 4.78 is 10.9. The Labute approximate surface area is 174 Å². The fourth-order valence-electron chi connectivity index (χ4n) is 3.56. The van der Waals surface area contributed by atoms with Gasteiger partial charge in [-0.1, -0.05) is 12.1 Å². The SMILES string of the molecule is CC(=O)c1c(C)[nH]c(C(=O)COC(=O)c2ccccc2SC[C@@H]2CCCO2)c1C.